The SMILES string of the molecule is CC(C)N1CCN([C@@H](C)c2ccccc2)P1.CCOc1c(C)c(=O)c1=O.C[C@@H](c1ccccc1)N1CCN([C@@H](C)c2ccccc2)P1CCNc1c(Nc2ccccc2)c(=O)c1=O.Cc1c(Nc2ccccc2)c(=O)c1=O.NCCCl.Nc1ccccc1.O=c1c(NCCCl)c(Nc2ccccc2)c1=O. The summed E-state index contributed by atoms with van der Waals surface area (Å²) in [5, 5.41) is 15.1. The van der Waals surface area contributed by atoms with E-state index in [1.54, 1.807) is 20.8 Å². The average Bonchev–Trinajstić information content (AvgIpc) is 1.75. The van der Waals surface area contributed by atoms with Gasteiger partial charge in [-0.25, -0.2) is 0 Å². The second kappa shape index (κ2) is 42.6. The number of halogens is 2. The van der Waals surface area contributed by atoms with Crippen LogP contribution in [-0.2, 0) is 0 Å². The lowest BCUT2D eigenvalue weighted by Crippen LogP contribution is -2.37. The van der Waals surface area contributed by atoms with Crippen LogP contribution in [0.15, 0.2) is 251 Å². The third-order valence-electron chi connectivity index (χ3n) is 17.2. The van der Waals surface area contributed by atoms with Crippen molar-refractivity contribution in [3.63, 3.8) is 0 Å². The number of hydrogen-bond acceptors (Lipinski definition) is 20. The molecule has 13 rings (SSSR count). The van der Waals surface area contributed by atoms with Crippen molar-refractivity contribution in [3.8, 4) is 5.75 Å². The Labute approximate surface area is 626 Å². The molecule has 0 spiro atoms. The average molecular weight is 1500 g/mol. The summed E-state index contributed by atoms with van der Waals surface area (Å²) in [6, 6.07) is 71.4. The third-order valence-corrected chi connectivity index (χ3v) is 22.4. The van der Waals surface area contributed by atoms with Crippen LogP contribution < -0.4 is 86.2 Å². The van der Waals surface area contributed by atoms with Crippen LogP contribution in [0.5, 0.6) is 5.75 Å². The number of para-hydroxylation sites is 4. The molecule has 0 radical (unpaired) electrons. The lowest BCUT2D eigenvalue weighted by Gasteiger charge is -2.37. The molecule has 2 heterocycles. The Balaban J connectivity index is 0.000000190. The van der Waals surface area contributed by atoms with Gasteiger partial charge in [-0.2, -0.15) is 0 Å². The Morgan fingerprint density at radius 3 is 1.11 bits per heavy atom. The van der Waals surface area contributed by atoms with Crippen LogP contribution in [0, 0.1) is 13.8 Å². The van der Waals surface area contributed by atoms with E-state index in [4.69, 9.17) is 39.4 Å². The van der Waals surface area contributed by atoms with E-state index in [-0.39, 0.29) is 11.2 Å². The van der Waals surface area contributed by atoms with Crippen molar-refractivity contribution in [2.45, 2.75) is 79.6 Å². The van der Waals surface area contributed by atoms with Crippen LogP contribution in [0.25, 0.3) is 0 Å². The van der Waals surface area contributed by atoms with Gasteiger partial charge >= 0.3 is 0 Å². The fourth-order valence-electron chi connectivity index (χ4n) is 11.2. The summed E-state index contributed by atoms with van der Waals surface area (Å²) in [6.07, 6.45) is 0.882. The van der Waals surface area contributed by atoms with Crippen molar-refractivity contribution in [2.75, 3.05) is 103 Å². The maximum atomic E-state index is 12.4. The number of anilines is 9. The highest BCUT2D eigenvalue weighted by atomic mass is 35.5. The number of benzene rings is 7. The van der Waals surface area contributed by atoms with Crippen molar-refractivity contribution in [2.24, 2.45) is 5.73 Å². The lowest BCUT2D eigenvalue weighted by molar-refractivity contribution is 0.330. The Hall–Kier alpha value is -9.30. The maximum absolute atomic E-state index is 12.4. The van der Waals surface area contributed by atoms with Gasteiger partial charge in [0.1, 0.15) is 22.7 Å². The Bertz CT molecular complexity index is 4640. The summed E-state index contributed by atoms with van der Waals surface area (Å²) < 4.78 is 15.3. The number of ether oxygens (including phenoxy) is 1. The lowest BCUT2D eigenvalue weighted by atomic mass is 10.1. The second-order valence-corrected chi connectivity index (χ2v) is 29.0. The molecule has 2 aliphatic heterocycles. The summed E-state index contributed by atoms with van der Waals surface area (Å²) in [5.74, 6) is 1.19. The number of nitrogens with one attached hydrogen (secondary N) is 5. The number of rotatable bonds is 23. The fourth-order valence-corrected chi connectivity index (χ4v) is 15.4. The summed E-state index contributed by atoms with van der Waals surface area (Å²) in [4.78, 5) is 90.6. The summed E-state index contributed by atoms with van der Waals surface area (Å²) in [6.45, 7) is 23.0. The number of nitrogens with zero attached hydrogens (tertiary/aromatic N) is 4. The van der Waals surface area contributed by atoms with Crippen LogP contribution in [-0.4, -0.2) is 95.1 Å². The van der Waals surface area contributed by atoms with Gasteiger partial charge in [0.05, 0.1) is 12.3 Å². The number of hydrogen-bond donors (Lipinski definition) is 7. The molecule has 2 aliphatic rings. The largest absolute Gasteiger partial charge is 0.489 e. The maximum Gasteiger partial charge on any atom is 0.268 e. The minimum Gasteiger partial charge on any atom is -0.489 e. The Morgan fingerprint density at radius 1 is 0.429 bits per heavy atom. The summed E-state index contributed by atoms with van der Waals surface area (Å²) in [5.41, 5.74) is 16.7. The first kappa shape index (κ1) is 83.0. The molecule has 11 aromatic carbocycles. The van der Waals surface area contributed by atoms with Crippen LogP contribution in [0.3, 0.4) is 0 Å². The molecule has 24 heteroatoms. The molecule has 0 saturated carbocycles. The quantitative estimate of drug-likeness (QED) is 0.0136. The molecule has 4 atom stereocenters. The van der Waals surface area contributed by atoms with Crippen molar-refractivity contribution in [1.82, 2.24) is 18.7 Å². The van der Waals surface area contributed by atoms with Gasteiger partial charge < -0.3 is 42.8 Å². The van der Waals surface area contributed by atoms with E-state index in [1.807, 2.05) is 121 Å². The van der Waals surface area contributed by atoms with Gasteiger partial charge in [0.2, 0.25) is 16.3 Å². The molecule has 1 unspecified atom stereocenters. The summed E-state index contributed by atoms with van der Waals surface area (Å²) >= 11 is 10.6. The Kier molecular flexibility index (Phi) is 33.7. The molecule has 9 N–H and O–H groups in total. The molecular formula is C81H95Cl2N11O9P2. The van der Waals surface area contributed by atoms with Gasteiger partial charge in [-0.05, 0) is 121 Å². The van der Waals surface area contributed by atoms with E-state index in [0.29, 0.717) is 102 Å². The van der Waals surface area contributed by atoms with E-state index in [1.165, 1.54) is 29.8 Å². The van der Waals surface area contributed by atoms with Crippen LogP contribution >= 0.6 is 40.3 Å². The molecule has 2 fully saturated rings. The van der Waals surface area contributed by atoms with Crippen LogP contribution in [0.2, 0.25) is 0 Å². The van der Waals surface area contributed by atoms with Gasteiger partial charge in [-0.15, -0.1) is 23.2 Å². The normalized spacial score (nSPS) is 14.1. The monoisotopic (exact) mass is 1500 g/mol. The zero-order valence-corrected chi connectivity index (χ0v) is 64.0. The van der Waals surface area contributed by atoms with Crippen LogP contribution in [0.1, 0.15) is 87.5 Å². The van der Waals surface area contributed by atoms with Crippen molar-refractivity contribution in [3.05, 3.63) is 322 Å². The Morgan fingerprint density at radius 2 is 0.771 bits per heavy atom. The van der Waals surface area contributed by atoms with Gasteiger partial charge in [0.25, 0.3) is 27.1 Å². The molecule has 2 saturated heterocycles. The molecule has 552 valence electrons. The topological polar surface area (TPSA) is 271 Å². The smallest absolute Gasteiger partial charge is 0.268 e. The highest BCUT2D eigenvalue weighted by Gasteiger charge is 2.38. The summed E-state index contributed by atoms with van der Waals surface area (Å²) in [7, 11) is 0.211. The standard InChI is InChI=1S/C30H33N4O2P.C13H21N2P.C12H11ClN2O2.C11H9NO2.C7H8O3.C6H7N.C2H6ClN/c1-22(24-12-6-3-7-13-24)33-19-20-34(23(2)25-14-8-4-9-15-25)37(33)21-18-31-27-28(30(36)29(27)35)32-26-16-10-5-11-17-26;1-11(2)14-9-10-15(16-14)12(3)13-7-5-4-6-8-13;13-6-7-14-9-10(12(17)11(9)16)15-8-4-2-1-3-5-8;1-7-9(11(14)10(7)13)12-8-5-3-2-4-6-8;1-3-10-7-4(2)5(8)6(7)9;7-6-4-2-1-3-5-6;3-1-2-4/h3-17,22-23,31-32H,18-21H2,1-2H3;4-8,11-12,16H,9-10H2,1-3H3;1-5,14-15H,6-7H2;2-6,12H,1H3;3H2,1-2H3;1-5H,7H2;1-2,4H2/t22-,23-;12-;;;;;/m00...../s1. The molecular weight excluding hydrogens is 1400 g/mol. The first-order chi connectivity index (χ1) is 50.6. The molecule has 0 bridgehead atoms. The first-order valence-electron chi connectivity index (χ1n) is 34.9. The number of alkyl halides is 2. The van der Waals surface area contributed by atoms with Gasteiger partial charge in [-0.3, -0.25) is 57.0 Å². The van der Waals surface area contributed by atoms with Crippen molar-refractivity contribution in [1.29, 1.82) is 0 Å². The van der Waals surface area contributed by atoms with E-state index in [9.17, 15) is 38.4 Å². The fraction of sp³-hybridized carbons (Fsp3) is 0.284. The van der Waals surface area contributed by atoms with E-state index in [2.05, 4.69) is 171 Å². The van der Waals surface area contributed by atoms with E-state index < -0.39 is 46.2 Å². The van der Waals surface area contributed by atoms with E-state index >= 15 is 0 Å². The highest BCUT2D eigenvalue weighted by molar-refractivity contribution is 7.53. The number of nitrogen functional groups attached to an aromatic ring is 1. The zero-order chi connectivity index (χ0) is 76.0. The highest BCUT2D eigenvalue weighted by Crippen LogP contribution is 2.56. The second-order valence-electron chi connectivity index (χ2n) is 24.7. The molecule has 0 amide bonds. The van der Waals surface area contributed by atoms with Gasteiger partial charge in [-0.1, -0.05) is 164 Å². The van der Waals surface area contributed by atoms with Gasteiger partial charge in [0, 0.05) is 139 Å². The molecule has 11 aromatic rings. The molecule has 105 heavy (non-hydrogen) atoms. The first-order valence-corrected chi connectivity index (χ1v) is 38.3. The van der Waals surface area contributed by atoms with Crippen molar-refractivity contribution >= 4 is 91.5 Å². The molecule has 20 nitrogen and oxygen atoms in total. The number of nitrogens with two attached hydrogens (primary N) is 2. The van der Waals surface area contributed by atoms with Crippen molar-refractivity contribution < 1.29 is 4.74 Å². The third kappa shape index (κ3) is 23.3. The van der Waals surface area contributed by atoms with Crippen LogP contribution in [0.4, 0.5) is 51.2 Å². The zero-order valence-electron chi connectivity index (χ0n) is 60.6. The predicted octanol–water partition coefficient (Wildman–Crippen LogP) is 13.6. The minimum atomic E-state index is -0.632. The molecule has 0 aliphatic carbocycles. The van der Waals surface area contributed by atoms with E-state index in [0.717, 1.165) is 50.9 Å². The van der Waals surface area contributed by atoms with Gasteiger partial charge in [0.15, 0.2) is 5.75 Å². The minimum absolute atomic E-state index is 0.243. The molecule has 0 aromatic heterocycles. The predicted molar refractivity (Wildman–Crippen MR) is 440 cm³/mol.